The van der Waals surface area contributed by atoms with Crippen LogP contribution in [0.5, 0.6) is 0 Å². The molecule has 3 atom stereocenters. The minimum absolute atomic E-state index is 0.102. The lowest BCUT2D eigenvalue weighted by Crippen LogP contribution is -2.49. The number of hydrogen-bond acceptors (Lipinski definition) is 4. The molecule has 3 rings (SSSR count). The molecule has 7 heteroatoms. The van der Waals surface area contributed by atoms with Gasteiger partial charge in [0.05, 0.1) is 25.2 Å². The first-order chi connectivity index (χ1) is 14.0. The van der Waals surface area contributed by atoms with Crippen molar-refractivity contribution in [3.63, 3.8) is 0 Å². The SMILES string of the molecule is O=C(C[C@@H]1C=C[C@H](NC(=O)c2cccc(F)c2)[C@@H](CO)O1)NCc1ccccc1. The van der Waals surface area contributed by atoms with Crippen LogP contribution in [0.2, 0.25) is 0 Å². The van der Waals surface area contributed by atoms with Gasteiger partial charge in [0.1, 0.15) is 11.9 Å². The first-order valence-electron chi connectivity index (χ1n) is 9.37. The summed E-state index contributed by atoms with van der Waals surface area (Å²) < 4.78 is 19.0. The van der Waals surface area contributed by atoms with Crippen molar-refractivity contribution in [2.75, 3.05) is 6.61 Å². The zero-order chi connectivity index (χ0) is 20.6. The van der Waals surface area contributed by atoms with Gasteiger partial charge in [0.25, 0.3) is 5.91 Å². The van der Waals surface area contributed by atoms with Crippen molar-refractivity contribution in [3.05, 3.63) is 83.7 Å². The molecular formula is C22H23FN2O4. The first kappa shape index (κ1) is 20.7. The molecule has 0 aromatic heterocycles. The van der Waals surface area contributed by atoms with Gasteiger partial charge in [-0.2, -0.15) is 0 Å². The van der Waals surface area contributed by atoms with Gasteiger partial charge in [-0.05, 0) is 23.8 Å². The molecule has 2 aromatic rings. The largest absolute Gasteiger partial charge is 0.394 e. The van der Waals surface area contributed by atoms with Crippen molar-refractivity contribution in [1.82, 2.24) is 10.6 Å². The third-order valence-electron chi connectivity index (χ3n) is 4.57. The van der Waals surface area contributed by atoms with E-state index in [0.29, 0.717) is 6.54 Å². The predicted molar refractivity (Wildman–Crippen MR) is 105 cm³/mol. The molecule has 0 bridgehead atoms. The lowest BCUT2D eigenvalue weighted by molar-refractivity contribution is -0.125. The van der Waals surface area contributed by atoms with Crippen LogP contribution in [-0.4, -0.2) is 41.8 Å². The fourth-order valence-corrected chi connectivity index (χ4v) is 3.05. The molecule has 0 radical (unpaired) electrons. The predicted octanol–water partition coefficient (Wildman–Crippen LogP) is 1.95. The van der Waals surface area contributed by atoms with Crippen LogP contribution < -0.4 is 10.6 Å². The molecule has 2 aromatic carbocycles. The van der Waals surface area contributed by atoms with E-state index >= 15 is 0 Å². The van der Waals surface area contributed by atoms with E-state index in [1.807, 2.05) is 30.3 Å². The Morgan fingerprint density at radius 2 is 1.86 bits per heavy atom. The van der Waals surface area contributed by atoms with Crippen LogP contribution in [0.25, 0.3) is 0 Å². The standard InChI is InChI=1S/C22H23FN2O4/c23-17-8-4-7-16(11-17)22(28)25-19-10-9-18(29-20(19)14-26)12-21(27)24-13-15-5-2-1-3-6-15/h1-11,18-20,26H,12-14H2,(H,24,27)(H,25,28)/t18-,19-,20+/m0/s1. The second-order valence-electron chi connectivity index (χ2n) is 6.76. The molecule has 1 heterocycles. The van der Waals surface area contributed by atoms with Crippen LogP contribution >= 0.6 is 0 Å². The van der Waals surface area contributed by atoms with Gasteiger partial charge in [0.15, 0.2) is 0 Å². The van der Waals surface area contributed by atoms with Gasteiger partial charge >= 0.3 is 0 Å². The van der Waals surface area contributed by atoms with E-state index in [0.717, 1.165) is 11.6 Å². The second kappa shape index (κ2) is 9.95. The van der Waals surface area contributed by atoms with Gasteiger partial charge in [-0.25, -0.2) is 4.39 Å². The Kier molecular flexibility index (Phi) is 7.10. The molecule has 1 aliphatic heterocycles. The quantitative estimate of drug-likeness (QED) is 0.622. The Morgan fingerprint density at radius 3 is 2.59 bits per heavy atom. The highest BCUT2D eigenvalue weighted by molar-refractivity contribution is 5.94. The molecule has 0 fully saturated rings. The van der Waals surface area contributed by atoms with E-state index in [1.165, 1.54) is 18.2 Å². The van der Waals surface area contributed by atoms with Crippen molar-refractivity contribution in [2.45, 2.75) is 31.2 Å². The van der Waals surface area contributed by atoms with E-state index in [-0.39, 0.29) is 24.5 Å². The Bertz CT molecular complexity index is 872. The number of ether oxygens (including phenoxy) is 1. The van der Waals surface area contributed by atoms with E-state index in [4.69, 9.17) is 4.74 Å². The molecule has 0 spiro atoms. The van der Waals surface area contributed by atoms with Crippen LogP contribution in [-0.2, 0) is 16.1 Å². The Labute approximate surface area is 168 Å². The van der Waals surface area contributed by atoms with Crippen molar-refractivity contribution in [1.29, 1.82) is 0 Å². The lowest BCUT2D eigenvalue weighted by Gasteiger charge is -2.31. The minimum Gasteiger partial charge on any atom is -0.394 e. The number of carbonyl (C=O) groups excluding carboxylic acids is 2. The number of benzene rings is 2. The highest BCUT2D eigenvalue weighted by Crippen LogP contribution is 2.16. The number of halogens is 1. The van der Waals surface area contributed by atoms with Crippen LogP contribution in [0.4, 0.5) is 4.39 Å². The fourth-order valence-electron chi connectivity index (χ4n) is 3.05. The number of hydrogen-bond donors (Lipinski definition) is 3. The number of carbonyl (C=O) groups is 2. The summed E-state index contributed by atoms with van der Waals surface area (Å²) in [5.74, 6) is -1.16. The van der Waals surface area contributed by atoms with Gasteiger partial charge in [-0.3, -0.25) is 9.59 Å². The molecule has 29 heavy (non-hydrogen) atoms. The normalized spacial score (nSPS) is 20.8. The third-order valence-corrected chi connectivity index (χ3v) is 4.57. The summed E-state index contributed by atoms with van der Waals surface area (Å²) in [5, 5.41) is 15.2. The molecule has 0 saturated heterocycles. The van der Waals surface area contributed by atoms with E-state index < -0.39 is 30.0 Å². The summed E-state index contributed by atoms with van der Waals surface area (Å²) in [5.41, 5.74) is 1.17. The monoisotopic (exact) mass is 398 g/mol. The molecule has 0 saturated carbocycles. The van der Waals surface area contributed by atoms with Crippen molar-refractivity contribution < 1.29 is 23.8 Å². The maximum atomic E-state index is 13.3. The Balaban J connectivity index is 1.53. The number of amides is 2. The molecular weight excluding hydrogens is 375 g/mol. The van der Waals surface area contributed by atoms with Crippen LogP contribution in [0.3, 0.4) is 0 Å². The van der Waals surface area contributed by atoms with E-state index in [1.54, 1.807) is 12.2 Å². The maximum Gasteiger partial charge on any atom is 0.251 e. The third kappa shape index (κ3) is 5.97. The zero-order valence-electron chi connectivity index (χ0n) is 15.8. The summed E-state index contributed by atoms with van der Waals surface area (Å²) in [7, 11) is 0. The average molecular weight is 398 g/mol. The molecule has 6 nitrogen and oxygen atoms in total. The minimum atomic E-state index is -0.704. The van der Waals surface area contributed by atoms with Gasteiger partial charge in [-0.1, -0.05) is 48.6 Å². The molecule has 2 amide bonds. The van der Waals surface area contributed by atoms with Crippen molar-refractivity contribution in [2.24, 2.45) is 0 Å². The molecule has 3 N–H and O–H groups in total. The molecule has 1 aliphatic rings. The molecule has 152 valence electrons. The highest BCUT2D eigenvalue weighted by Gasteiger charge is 2.29. The molecule has 0 unspecified atom stereocenters. The second-order valence-corrected chi connectivity index (χ2v) is 6.76. The number of nitrogens with one attached hydrogen (secondary N) is 2. The van der Waals surface area contributed by atoms with Gasteiger partial charge in [-0.15, -0.1) is 0 Å². The fraction of sp³-hybridized carbons (Fsp3) is 0.273. The van der Waals surface area contributed by atoms with Gasteiger partial charge in [0.2, 0.25) is 5.91 Å². The van der Waals surface area contributed by atoms with Gasteiger partial charge < -0.3 is 20.5 Å². The summed E-state index contributed by atoms with van der Waals surface area (Å²) in [6.07, 6.45) is 2.26. The van der Waals surface area contributed by atoms with Crippen molar-refractivity contribution >= 4 is 11.8 Å². The summed E-state index contributed by atoms with van der Waals surface area (Å²) >= 11 is 0. The van der Waals surface area contributed by atoms with E-state index in [2.05, 4.69) is 10.6 Å². The van der Waals surface area contributed by atoms with Crippen LogP contribution in [0.15, 0.2) is 66.7 Å². The van der Waals surface area contributed by atoms with Gasteiger partial charge in [0, 0.05) is 12.1 Å². The summed E-state index contributed by atoms with van der Waals surface area (Å²) in [4.78, 5) is 24.5. The first-order valence-corrected chi connectivity index (χ1v) is 9.37. The average Bonchev–Trinajstić information content (AvgIpc) is 2.74. The topological polar surface area (TPSA) is 87.7 Å². The number of aliphatic hydroxyl groups excluding tert-OH is 1. The van der Waals surface area contributed by atoms with Crippen LogP contribution in [0.1, 0.15) is 22.3 Å². The summed E-state index contributed by atoms with van der Waals surface area (Å²) in [6.45, 7) is 0.0897. The summed E-state index contributed by atoms with van der Waals surface area (Å²) in [6, 6.07) is 14.3. The van der Waals surface area contributed by atoms with Crippen molar-refractivity contribution in [3.8, 4) is 0 Å². The smallest absolute Gasteiger partial charge is 0.251 e. The Morgan fingerprint density at radius 1 is 1.07 bits per heavy atom. The highest BCUT2D eigenvalue weighted by atomic mass is 19.1. The number of rotatable bonds is 7. The Hall–Kier alpha value is -3.03. The number of aliphatic hydroxyl groups is 1. The zero-order valence-corrected chi connectivity index (χ0v) is 15.8. The van der Waals surface area contributed by atoms with E-state index in [9.17, 15) is 19.1 Å². The lowest BCUT2D eigenvalue weighted by atomic mass is 10.0. The van der Waals surface area contributed by atoms with Crippen LogP contribution in [0, 0.1) is 5.82 Å². The molecule has 0 aliphatic carbocycles. The maximum absolute atomic E-state index is 13.3.